The highest BCUT2D eigenvalue weighted by Gasteiger charge is 2.55. The Labute approximate surface area is 131 Å². The van der Waals surface area contributed by atoms with Crippen LogP contribution in [0.1, 0.15) is 49.8 Å². The minimum Gasteiger partial charge on any atom is -0.508 e. The van der Waals surface area contributed by atoms with Gasteiger partial charge in [-0.25, -0.2) is 0 Å². The Kier molecular flexibility index (Phi) is 3.75. The van der Waals surface area contributed by atoms with Gasteiger partial charge in [0.1, 0.15) is 5.75 Å². The summed E-state index contributed by atoms with van der Waals surface area (Å²) in [5, 5.41) is 39.8. The number of aliphatic hydroxyl groups excluding tert-OH is 3. The van der Waals surface area contributed by atoms with Crippen LogP contribution >= 0.6 is 0 Å². The van der Waals surface area contributed by atoms with Gasteiger partial charge in [0.15, 0.2) is 0 Å². The molecule has 0 amide bonds. The number of phenols is 1. The number of aryl methyl sites for hydroxylation is 1. The van der Waals surface area contributed by atoms with Crippen LogP contribution in [0.5, 0.6) is 5.75 Å². The Morgan fingerprint density at radius 2 is 1.91 bits per heavy atom. The first-order valence-corrected chi connectivity index (χ1v) is 8.12. The molecule has 0 radical (unpaired) electrons. The summed E-state index contributed by atoms with van der Waals surface area (Å²) in [5.74, 6) is 0.320. The summed E-state index contributed by atoms with van der Waals surface area (Å²) in [7, 11) is 0. The van der Waals surface area contributed by atoms with E-state index in [0.717, 1.165) is 24.8 Å². The van der Waals surface area contributed by atoms with Crippen molar-refractivity contribution in [2.75, 3.05) is 6.61 Å². The molecule has 0 unspecified atom stereocenters. The molecule has 1 fully saturated rings. The van der Waals surface area contributed by atoms with E-state index in [1.807, 2.05) is 13.0 Å². The van der Waals surface area contributed by atoms with Gasteiger partial charge in [-0.3, -0.25) is 0 Å². The zero-order valence-corrected chi connectivity index (χ0v) is 13.3. The molecule has 4 nitrogen and oxygen atoms in total. The van der Waals surface area contributed by atoms with Crippen LogP contribution in [0.15, 0.2) is 12.1 Å². The number of aliphatic hydroxyl groups is 3. The molecule has 4 atom stereocenters. The second-order valence-electron chi connectivity index (χ2n) is 7.52. The molecule has 4 N–H and O–H groups in total. The van der Waals surface area contributed by atoms with E-state index in [0.29, 0.717) is 12.0 Å². The monoisotopic (exact) mass is 306 g/mol. The number of rotatable bonds is 2. The smallest absolute Gasteiger partial charge is 0.121 e. The van der Waals surface area contributed by atoms with Crippen LogP contribution in [0.3, 0.4) is 0 Å². The van der Waals surface area contributed by atoms with Gasteiger partial charge in [0, 0.05) is 11.0 Å². The molecule has 1 aromatic rings. The fraction of sp³-hybridized carbons (Fsp3) is 0.667. The zero-order valence-electron chi connectivity index (χ0n) is 13.3. The molecule has 4 heteroatoms. The van der Waals surface area contributed by atoms with E-state index in [1.54, 1.807) is 6.07 Å². The fourth-order valence-electron chi connectivity index (χ4n) is 4.94. The van der Waals surface area contributed by atoms with Crippen molar-refractivity contribution >= 4 is 0 Å². The number of benzene rings is 1. The molecule has 0 spiro atoms. The third kappa shape index (κ3) is 2.01. The van der Waals surface area contributed by atoms with Crippen molar-refractivity contribution in [2.24, 2.45) is 11.3 Å². The lowest BCUT2D eigenvalue weighted by molar-refractivity contribution is -0.110. The average molecular weight is 306 g/mol. The summed E-state index contributed by atoms with van der Waals surface area (Å²) in [4.78, 5) is 0. The van der Waals surface area contributed by atoms with Gasteiger partial charge in [0.25, 0.3) is 0 Å². The molecular formula is C18H26O4. The number of hydrogen-bond donors (Lipinski definition) is 4. The highest BCUT2D eigenvalue weighted by molar-refractivity contribution is 5.47. The van der Waals surface area contributed by atoms with E-state index in [2.05, 4.69) is 6.92 Å². The molecule has 3 rings (SSSR count). The van der Waals surface area contributed by atoms with Crippen molar-refractivity contribution in [3.63, 3.8) is 0 Å². The fourth-order valence-corrected chi connectivity index (χ4v) is 4.94. The summed E-state index contributed by atoms with van der Waals surface area (Å²) >= 11 is 0. The Morgan fingerprint density at radius 1 is 1.18 bits per heavy atom. The van der Waals surface area contributed by atoms with Crippen LogP contribution in [-0.4, -0.2) is 33.1 Å². The molecule has 0 aromatic heterocycles. The van der Waals surface area contributed by atoms with E-state index in [1.165, 1.54) is 5.56 Å². The van der Waals surface area contributed by atoms with E-state index in [4.69, 9.17) is 0 Å². The predicted molar refractivity (Wildman–Crippen MR) is 83.6 cm³/mol. The maximum Gasteiger partial charge on any atom is 0.121 e. The molecule has 1 saturated carbocycles. The summed E-state index contributed by atoms with van der Waals surface area (Å²) in [5.41, 5.74) is 2.20. The molecule has 2 aliphatic carbocycles. The zero-order chi connectivity index (χ0) is 16.1. The van der Waals surface area contributed by atoms with Crippen molar-refractivity contribution in [1.82, 2.24) is 0 Å². The van der Waals surface area contributed by atoms with Crippen LogP contribution in [0, 0.1) is 11.3 Å². The van der Waals surface area contributed by atoms with E-state index in [9.17, 15) is 20.4 Å². The Morgan fingerprint density at radius 3 is 2.55 bits per heavy atom. The summed E-state index contributed by atoms with van der Waals surface area (Å²) < 4.78 is 0. The van der Waals surface area contributed by atoms with E-state index in [-0.39, 0.29) is 30.3 Å². The average Bonchev–Trinajstić information content (AvgIpc) is 2.51. The van der Waals surface area contributed by atoms with Crippen LogP contribution < -0.4 is 0 Å². The molecule has 122 valence electrons. The number of fused-ring (bicyclic) bond motifs is 3. The van der Waals surface area contributed by atoms with E-state index < -0.39 is 11.5 Å². The molecule has 0 bridgehead atoms. The minimum atomic E-state index is -0.504. The first-order valence-electron chi connectivity index (χ1n) is 8.12. The largest absolute Gasteiger partial charge is 0.508 e. The Hall–Kier alpha value is -1.10. The van der Waals surface area contributed by atoms with Crippen LogP contribution in [0.4, 0.5) is 0 Å². The van der Waals surface area contributed by atoms with Crippen molar-refractivity contribution < 1.29 is 20.4 Å². The lowest BCUT2D eigenvalue weighted by Gasteiger charge is -2.56. The van der Waals surface area contributed by atoms with Crippen molar-refractivity contribution in [1.29, 1.82) is 0 Å². The third-order valence-corrected chi connectivity index (χ3v) is 6.40. The summed E-state index contributed by atoms with van der Waals surface area (Å²) in [6.07, 6.45) is 2.78. The van der Waals surface area contributed by atoms with Crippen LogP contribution in [0.2, 0.25) is 0 Å². The second-order valence-corrected chi connectivity index (χ2v) is 7.52. The Bertz CT molecular complexity index is 585. The normalized spacial score (nSPS) is 37.5. The molecule has 1 aromatic carbocycles. The van der Waals surface area contributed by atoms with Crippen molar-refractivity contribution in [3.8, 4) is 5.75 Å². The molecule has 0 saturated heterocycles. The van der Waals surface area contributed by atoms with Gasteiger partial charge in [0.2, 0.25) is 0 Å². The highest BCUT2D eigenvalue weighted by atomic mass is 16.3. The SMILES string of the molecule is C[C@@]1(CO)[C@@H](O)CC[C@]2(C)c3cc(O)c(CO)cc3CC[C@@H]12. The van der Waals surface area contributed by atoms with Gasteiger partial charge < -0.3 is 20.4 Å². The maximum absolute atomic E-state index is 10.4. The van der Waals surface area contributed by atoms with Gasteiger partial charge in [0.05, 0.1) is 19.3 Å². The van der Waals surface area contributed by atoms with Crippen LogP contribution in [-0.2, 0) is 18.4 Å². The molecule has 0 heterocycles. The summed E-state index contributed by atoms with van der Waals surface area (Å²) in [6.45, 7) is 3.98. The van der Waals surface area contributed by atoms with Gasteiger partial charge in [-0.15, -0.1) is 0 Å². The standard InChI is InChI=1S/C18H26O4/c1-17-6-5-16(22)18(2,10-20)15(17)4-3-11-7-12(9-19)14(21)8-13(11)17/h7-8,15-16,19-22H,3-6,9-10H2,1-2H3/t15-,16+,17-,18+/m1/s1. The second kappa shape index (κ2) is 5.22. The molecular weight excluding hydrogens is 280 g/mol. The van der Waals surface area contributed by atoms with Gasteiger partial charge in [-0.1, -0.05) is 13.8 Å². The minimum absolute atomic E-state index is 0.0234. The van der Waals surface area contributed by atoms with Crippen molar-refractivity contribution in [3.05, 3.63) is 28.8 Å². The number of aromatic hydroxyl groups is 1. The number of hydrogen-bond acceptors (Lipinski definition) is 4. The molecule has 0 aliphatic heterocycles. The van der Waals surface area contributed by atoms with Crippen molar-refractivity contribution in [2.45, 2.75) is 57.7 Å². The lowest BCUT2D eigenvalue weighted by Crippen LogP contribution is -2.56. The lowest BCUT2D eigenvalue weighted by atomic mass is 9.49. The summed E-state index contributed by atoms with van der Waals surface area (Å²) in [6, 6.07) is 3.70. The first kappa shape index (κ1) is 15.8. The highest BCUT2D eigenvalue weighted by Crippen LogP contribution is 2.57. The topological polar surface area (TPSA) is 80.9 Å². The maximum atomic E-state index is 10.4. The quantitative estimate of drug-likeness (QED) is 0.672. The first-order chi connectivity index (χ1) is 10.4. The van der Waals surface area contributed by atoms with Crippen LogP contribution in [0.25, 0.3) is 0 Å². The van der Waals surface area contributed by atoms with E-state index >= 15 is 0 Å². The van der Waals surface area contributed by atoms with Gasteiger partial charge >= 0.3 is 0 Å². The molecule has 2 aliphatic rings. The third-order valence-electron chi connectivity index (χ3n) is 6.40. The molecule has 22 heavy (non-hydrogen) atoms. The van der Waals surface area contributed by atoms with Gasteiger partial charge in [-0.2, -0.15) is 0 Å². The Balaban J connectivity index is 2.12. The predicted octanol–water partition coefficient (Wildman–Crippen LogP) is 1.86. The van der Waals surface area contributed by atoms with Gasteiger partial charge in [-0.05, 0) is 60.3 Å².